The summed E-state index contributed by atoms with van der Waals surface area (Å²) in [6.45, 7) is 0. The first-order valence-electron chi connectivity index (χ1n) is 7.07. The van der Waals surface area contributed by atoms with Gasteiger partial charge in [0.1, 0.15) is 5.54 Å². The van der Waals surface area contributed by atoms with Crippen molar-refractivity contribution in [3.05, 3.63) is 18.7 Å². The molecule has 1 aromatic heterocycles. The van der Waals surface area contributed by atoms with E-state index >= 15 is 0 Å². The minimum atomic E-state index is -0.497. The van der Waals surface area contributed by atoms with Crippen molar-refractivity contribution in [3.8, 4) is 0 Å². The first-order valence-corrected chi connectivity index (χ1v) is 7.07. The average Bonchev–Trinajstić information content (AvgIpc) is 3.08. The molecule has 3 rings (SSSR count). The summed E-state index contributed by atoms with van der Waals surface area (Å²) in [6.07, 6.45) is 11.8. The normalized spacial score (nSPS) is 31.1. The summed E-state index contributed by atoms with van der Waals surface area (Å²) in [6, 6.07) is 0.835. The van der Waals surface area contributed by atoms with Crippen LogP contribution in [0.4, 0.5) is 0 Å². The van der Waals surface area contributed by atoms with Gasteiger partial charge in [-0.2, -0.15) is 0 Å². The van der Waals surface area contributed by atoms with Gasteiger partial charge in [0, 0.05) is 24.5 Å². The highest BCUT2D eigenvalue weighted by molar-refractivity contribution is 5.81. The number of nitrogens with zero attached hydrogens (tertiary/aromatic N) is 2. The lowest BCUT2D eigenvalue weighted by Crippen LogP contribution is -2.56. The van der Waals surface area contributed by atoms with E-state index in [0.717, 1.165) is 25.7 Å². The molecular formula is C14H21N3O2. The van der Waals surface area contributed by atoms with Crippen LogP contribution in [0.1, 0.15) is 44.6 Å². The fourth-order valence-electron chi connectivity index (χ4n) is 3.17. The lowest BCUT2D eigenvalue weighted by atomic mass is 9.78. The molecule has 5 heteroatoms. The predicted octanol–water partition coefficient (Wildman–Crippen LogP) is 1.66. The van der Waals surface area contributed by atoms with Crippen molar-refractivity contribution in [1.82, 2.24) is 14.9 Å². The Kier molecular flexibility index (Phi) is 3.31. The summed E-state index contributed by atoms with van der Waals surface area (Å²) >= 11 is 0. The van der Waals surface area contributed by atoms with Gasteiger partial charge in [-0.1, -0.05) is 0 Å². The number of esters is 1. The topological polar surface area (TPSA) is 56.1 Å². The molecule has 2 aliphatic rings. The van der Waals surface area contributed by atoms with E-state index in [2.05, 4.69) is 14.9 Å². The van der Waals surface area contributed by atoms with Gasteiger partial charge in [-0.3, -0.25) is 10.1 Å². The molecule has 2 atom stereocenters. The molecule has 2 aliphatic carbocycles. The zero-order valence-corrected chi connectivity index (χ0v) is 11.3. The Morgan fingerprint density at radius 1 is 1.47 bits per heavy atom. The molecule has 1 N–H and O–H groups in total. The monoisotopic (exact) mass is 263 g/mol. The Morgan fingerprint density at radius 2 is 2.32 bits per heavy atom. The maximum absolute atomic E-state index is 12.3. The van der Waals surface area contributed by atoms with Crippen molar-refractivity contribution in [3.63, 3.8) is 0 Å². The van der Waals surface area contributed by atoms with Crippen LogP contribution in [-0.4, -0.2) is 34.2 Å². The lowest BCUT2D eigenvalue weighted by molar-refractivity contribution is -0.151. The van der Waals surface area contributed by atoms with E-state index in [4.69, 9.17) is 4.74 Å². The standard InChI is InChI=1S/C14H21N3O2/c1-19-13(18)14(16-11-4-5-11)6-2-3-12(9-14)17-8-7-15-10-17/h7-8,10-12,16H,2-6,9H2,1H3. The Balaban J connectivity index is 1.80. The van der Waals surface area contributed by atoms with Crippen LogP contribution in [0.2, 0.25) is 0 Å². The van der Waals surface area contributed by atoms with Crippen LogP contribution in [0.25, 0.3) is 0 Å². The number of nitrogens with one attached hydrogen (secondary N) is 1. The predicted molar refractivity (Wildman–Crippen MR) is 70.6 cm³/mol. The fraction of sp³-hybridized carbons (Fsp3) is 0.714. The lowest BCUT2D eigenvalue weighted by Gasteiger charge is -2.39. The molecule has 0 spiro atoms. The summed E-state index contributed by atoms with van der Waals surface area (Å²) in [5, 5.41) is 3.54. The molecular weight excluding hydrogens is 242 g/mol. The summed E-state index contributed by atoms with van der Waals surface area (Å²) in [4.78, 5) is 16.4. The molecule has 2 saturated carbocycles. The largest absolute Gasteiger partial charge is 0.468 e. The first kappa shape index (κ1) is 12.7. The summed E-state index contributed by atoms with van der Waals surface area (Å²) in [5.41, 5.74) is -0.497. The van der Waals surface area contributed by atoms with Crippen molar-refractivity contribution in [2.45, 2.75) is 56.1 Å². The summed E-state index contributed by atoms with van der Waals surface area (Å²) in [5.74, 6) is -0.107. The minimum Gasteiger partial charge on any atom is -0.468 e. The van der Waals surface area contributed by atoms with Crippen LogP contribution in [0, 0.1) is 0 Å². The number of hydrogen-bond acceptors (Lipinski definition) is 4. The molecule has 0 bridgehead atoms. The van der Waals surface area contributed by atoms with Gasteiger partial charge in [-0.05, 0) is 38.5 Å². The smallest absolute Gasteiger partial charge is 0.326 e. The van der Waals surface area contributed by atoms with Gasteiger partial charge in [-0.25, -0.2) is 4.98 Å². The van der Waals surface area contributed by atoms with Crippen LogP contribution in [0.5, 0.6) is 0 Å². The third-order valence-corrected chi connectivity index (χ3v) is 4.31. The Bertz CT molecular complexity index is 442. The van der Waals surface area contributed by atoms with E-state index in [9.17, 15) is 4.79 Å². The van der Waals surface area contributed by atoms with Crippen molar-refractivity contribution in [2.75, 3.05) is 7.11 Å². The van der Waals surface area contributed by atoms with E-state index in [-0.39, 0.29) is 5.97 Å². The highest BCUT2D eigenvalue weighted by Crippen LogP contribution is 2.38. The van der Waals surface area contributed by atoms with Crippen molar-refractivity contribution in [2.24, 2.45) is 0 Å². The van der Waals surface area contributed by atoms with E-state index in [1.807, 2.05) is 12.5 Å². The van der Waals surface area contributed by atoms with Gasteiger partial charge in [-0.15, -0.1) is 0 Å². The van der Waals surface area contributed by atoms with E-state index < -0.39 is 5.54 Å². The molecule has 104 valence electrons. The SMILES string of the molecule is COC(=O)C1(NC2CC2)CCCC(n2ccnc2)C1. The third kappa shape index (κ3) is 2.52. The molecule has 2 fully saturated rings. The summed E-state index contributed by atoms with van der Waals surface area (Å²) < 4.78 is 7.18. The minimum absolute atomic E-state index is 0.107. The van der Waals surface area contributed by atoms with Gasteiger partial charge < -0.3 is 9.30 Å². The second-order valence-electron chi connectivity index (χ2n) is 5.75. The highest BCUT2D eigenvalue weighted by atomic mass is 16.5. The van der Waals surface area contributed by atoms with Crippen LogP contribution >= 0.6 is 0 Å². The number of hydrogen-bond donors (Lipinski definition) is 1. The fourth-order valence-corrected chi connectivity index (χ4v) is 3.17. The number of ether oxygens (including phenoxy) is 1. The molecule has 2 unspecified atom stereocenters. The molecule has 0 aromatic carbocycles. The van der Waals surface area contributed by atoms with Gasteiger partial charge in [0.2, 0.25) is 0 Å². The maximum atomic E-state index is 12.3. The van der Waals surface area contributed by atoms with Crippen molar-refractivity contribution < 1.29 is 9.53 Å². The zero-order chi connectivity index (χ0) is 13.3. The van der Waals surface area contributed by atoms with E-state index in [1.165, 1.54) is 20.0 Å². The van der Waals surface area contributed by atoms with Gasteiger partial charge in [0.25, 0.3) is 0 Å². The first-order chi connectivity index (χ1) is 9.23. The van der Waals surface area contributed by atoms with Crippen LogP contribution in [-0.2, 0) is 9.53 Å². The number of imidazole rings is 1. The number of carbonyl (C=O) groups excluding carboxylic acids is 1. The molecule has 0 radical (unpaired) electrons. The van der Waals surface area contributed by atoms with E-state index in [0.29, 0.717) is 12.1 Å². The number of methoxy groups -OCH3 is 1. The highest BCUT2D eigenvalue weighted by Gasteiger charge is 2.46. The zero-order valence-electron chi connectivity index (χ0n) is 11.3. The van der Waals surface area contributed by atoms with Crippen LogP contribution in [0.3, 0.4) is 0 Å². The Morgan fingerprint density at radius 3 is 2.95 bits per heavy atom. The average molecular weight is 263 g/mol. The number of rotatable bonds is 4. The molecule has 0 saturated heterocycles. The van der Waals surface area contributed by atoms with Crippen LogP contribution < -0.4 is 5.32 Å². The van der Waals surface area contributed by atoms with Crippen LogP contribution in [0.15, 0.2) is 18.7 Å². The van der Waals surface area contributed by atoms with Crippen molar-refractivity contribution >= 4 is 5.97 Å². The molecule has 5 nitrogen and oxygen atoms in total. The molecule has 19 heavy (non-hydrogen) atoms. The van der Waals surface area contributed by atoms with Gasteiger partial charge in [0.05, 0.1) is 13.4 Å². The third-order valence-electron chi connectivity index (χ3n) is 4.31. The maximum Gasteiger partial charge on any atom is 0.326 e. The Hall–Kier alpha value is -1.36. The molecule has 0 aliphatic heterocycles. The summed E-state index contributed by atoms with van der Waals surface area (Å²) in [7, 11) is 1.49. The second kappa shape index (κ2) is 4.96. The molecule has 1 heterocycles. The number of carbonyl (C=O) groups is 1. The van der Waals surface area contributed by atoms with Crippen molar-refractivity contribution in [1.29, 1.82) is 0 Å². The van der Waals surface area contributed by atoms with Gasteiger partial charge >= 0.3 is 5.97 Å². The Labute approximate surface area is 113 Å². The number of aromatic nitrogens is 2. The van der Waals surface area contributed by atoms with Gasteiger partial charge in [0.15, 0.2) is 0 Å². The molecule has 1 aromatic rings. The second-order valence-corrected chi connectivity index (χ2v) is 5.75. The quantitative estimate of drug-likeness (QED) is 0.839. The van der Waals surface area contributed by atoms with E-state index in [1.54, 1.807) is 6.20 Å². The molecule has 0 amide bonds.